The Morgan fingerprint density at radius 2 is 2.00 bits per heavy atom. The van der Waals surface area contributed by atoms with E-state index in [0.29, 0.717) is 17.8 Å². The van der Waals surface area contributed by atoms with E-state index in [2.05, 4.69) is 18.3 Å². The summed E-state index contributed by atoms with van der Waals surface area (Å²) < 4.78 is 0. The lowest BCUT2D eigenvalue weighted by Gasteiger charge is -2.25. The summed E-state index contributed by atoms with van der Waals surface area (Å²) in [7, 11) is 0. The summed E-state index contributed by atoms with van der Waals surface area (Å²) in [4.78, 5) is 38.9. The normalized spacial score (nSPS) is 20.0. The second-order valence-electron chi connectivity index (χ2n) is 6.08. The van der Waals surface area contributed by atoms with Gasteiger partial charge in [-0.25, -0.2) is 4.79 Å². The average molecular weight is 327 g/mol. The number of nitrogens with zero attached hydrogens (tertiary/aromatic N) is 2. The molecule has 1 atom stereocenters. The molecule has 0 unspecified atom stereocenters. The van der Waals surface area contributed by atoms with Gasteiger partial charge in [0.25, 0.3) is 5.91 Å². The minimum absolute atomic E-state index is 0.00500. The minimum Gasteiger partial charge on any atom is -0.328 e. The molecule has 3 rings (SSSR count). The number of carbonyl (C=O) groups is 3. The molecule has 6 heteroatoms. The van der Waals surface area contributed by atoms with Gasteiger partial charge in [-0.1, -0.05) is 31.9 Å². The first-order valence-corrected chi connectivity index (χ1v) is 8.29. The van der Waals surface area contributed by atoms with E-state index < -0.39 is 6.03 Å². The van der Waals surface area contributed by atoms with Crippen LogP contribution < -0.4 is 10.2 Å². The van der Waals surface area contributed by atoms with E-state index in [4.69, 9.17) is 0 Å². The standard InChI is InChI=1S/C18H21N3O3/c1-2-3-5-14-6-4-11-20(14)17(23)13-7-9-15(10-8-13)21-12-16(22)19-18(21)24/h4,6-10,14H,2-3,5,11-12H2,1H3,(H,19,22,24)/t14-/m1/s1. The molecule has 1 N–H and O–H groups in total. The van der Waals surface area contributed by atoms with Crippen LogP contribution in [0.2, 0.25) is 0 Å². The van der Waals surface area contributed by atoms with E-state index in [1.54, 1.807) is 24.3 Å². The van der Waals surface area contributed by atoms with Crippen molar-refractivity contribution in [3.63, 3.8) is 0 Å². The Labute approximate surface area is 141 Å². The van der Waals surface area contributed by atoms with Crippen molar-refractivity contribution in [2.45, 2.75) is 32.2 Å². The third kappa shape index (κ3) is 3.18. The molecule has 6 nitrogen and oxygen atoms in total. The van der Waals surface area contributed by atoms with Crippen LogP contribution in [-0.2, 0) is 4.79 Å². The Morgan fingerprint density at radius 3 is 2.62 bits per heavy atom. The summed E-state index contributed by atoms with van der Waals surface area (Å²) in [6.07, 6.45) is 7.31. The van der Waals surface area contributed by atoms with E-state index in [9.17, 15) is 14.4 Å². The van der Waals surface area contributed by atoms with E-state index in [1.807, 2.05) is 11.0 Å². The van der Waals surface area contributed by atoms with Crippen LogP contribution in [0.25, 0.3) is 0 Å². The van der Waals surface area contributed by atoms with E-state index in [1.165, 1.54) is 4.90 Å². The quantitative estimate of drug-likeness (QED) is 0.666. The number of hydrogen-bond acceptors (Lipinski definition) is 3. The summed E-state index contributed by atoms with van der Waals surface area (Å²) in [5.74, 6) is -0.323. The third-order valence-corrected chi connectivity index (χ3v) is 4.39. The Hall–Kier alpha value is -2.63. The fraction of sp³-hybridized carbons (Fsp3) is 0.389. The van der Waals surface area contributed by atoms with Crippen molar-refractivity contribution in [3.05, 3.63) is 42.0 Å². The van der Waals surface area contributed by atoms with Gasteiger partial charge in [-0.15, -0.1) is 0 Å². The largest absolute Gasteiger partial charge is 0.329 e. The molecule has 2 aliphatic rings. The molecular weight excluding hydrogens is 306 g/mol. The number of hydrogen-bond donors (Lipinski definition) is 1. The van der Waals surface area contributed by atoms with Gasteiger partial charge in [-0.2, -0.15) is 0 Å². The number of benzene rings is 1. The lowest BCUT2D eigenvalue weighted by molar-refractivity contribution is -0.117. The van der Waals surface area contributed by atoms with Crippen LogP contribution in [0.3, 0.4) is 0 Å². The van der Waals surface area contributed by atoms with Gasteiger partial charge in [-0.05, 0) is 30.7 Å². The van der Waals surface area contributed by atoms with Gasteiger partial charge in [0, 0.05) is 17.8 Å². The Bertz CT molecular complexity index is 681. The first kappa shape index (κ1) is 16.2. The van der Waals surface area contributed by atoms with Crippen LogP contribution in [0.15, 0.2) is 36.4 Å². The first-order chi connectivity index (χ1) is 11.6. The maximum absolute atomic E-state index is 12.7. The summed E-state index contributed by atoms with van der Waals surface area (Å²) in [6.45, 7) is 2.79. The van der Waals surface area contributed by atoms with Gasteiger partial charge in [0.2, 0.25) is 5.91 Å². The van der Waals surface area contributed by atoms with Crippen molar-refractivity contribution in [1.82, 2.24) is 10.2 Å². The third-order valence-electron chi connectivity index (χ3n) is 4.39. The predicted octanol–water partition coefficient (Wildman–Crippen LogP) is 2.31. The molecule has 1 aromatic rings. The van der Waals surface area contributed by atoms with Crippen molar-refractivity contribution >= 4 is 23.5 Å². The molecule has 0 aliphatic carbocycles. The number of imide groups is 1. The highest BCUT2D eigenvalue weighted by Gasteiger charge is 2.29. The van der Waals surface area contributed by atoms with Gasteiger partial charge in [0.15, 0.2) is 0 Å². The van der Waals surface area contributed by atoms with Crippen LogP contribution in [0.1, 0.15) is 36.5 Å². The fourth-order valence-corrected chi connectivity index (χ4v) is 3.07. The van der Waals surface area contributed by atoms with Crippen molar-refractivity contribution in [2.24, 2.45) is 0 Å². The number of urea groups is 1. The number of carbonyl (C=O) groups excluding carboxylic acids is 3. The molecule has 126 valence electrons. The molecule has 0 spiro atoms. The molecular formula is C18H21N3O3. The smallest absolute Gasteiger partial charge is 0.328 e. The van der Waals surface area contributed by atoms with Gasteiger partial charge in [-0.3, -0.25) is 19.8 Å². The van der Waals surface area contributed by atoms with Crippen molar-refractivity contribution in [2.75, 3.05) is 18.0 Å². The number of amides is 4. The molecule has 24 heavy (non-hydrogen) atoms. The highest BCUT2D eigenvalue weighted by atomic mass is 16.2. The van der Waals surface area contributed by atoms with Crippen molar-refractivity contribution < 1.29 is 14.4 Å². The van der Waals surface area contributed by atoms with Gasteiger partial charge < -0.3 is 4.90 Å². The number of rotatable bonds is 5. The lowest BCUT2D eigenvalue weighted by atomic mass is 10.1. The van der Waals surface area contributed by atoms with Crippen LogP contribution in [0.4, 0.5) is 10.5 Å². The monoisotopic (exact) mass is 327 g/mol. The minimum atomic E-state index is -0.428. The first-order valence-electron chi connectivity index (χ1n) is 8.29. The highest BCUT2D eigenvalue weighted by Crippen LogP contribution is 2.22. The fourth-order valence-electron chi connectivity index (χ4n) is 3.07. The topological polar surface area (TPSA) is 69.7 Å². The zero-order chi connectivity index (χ0) is 17.1. The molecule has 2 heterocycles. The predicted molar refractivity (Wildman–Crippen MR) is 90.8 cm³/mol. The Kier molecular flexibility index (Phi) is 4.64. The summed E-state index contributed by atoms with van der Waals surface area (Å²) in [5.41, 5.74) is 1.20. The summed E-state index contributed by atoms with van der Waals surface area (Å²) >= 11 is 0. The van der Waals surface area contributed by atoms with Gasteiger partial charge >= 0.3 is 6.03 Å². The molecule has 4 amide bonds. The van der Waals surface area contributed by atoms with Gasteiger partial charge in [0.1, 0.15) is 6.54 Å². The van der Waals surface area contributed by atoms with E-state index >= 15 is 0 Å². The second kappa shape index (κ2) is 6.86. The van der Waals surface area contributed by atoms with Crippen molar-refractivity contribution in [1.29, 1.82) is 0 Å². The molecule has 0 bridgehead atoms. The van der Waals surface area contributed by atoms with E-state index in [0.717, 1.165) is 19.3 Å². The second-order valence-corrected chi connectivity index (χ2v) is 6.08. The molecule has 2 aliphatic heterocycles. The Morgan fingerprint density at radius 1 is 1.25 bits per heavy atom. The van der Waals surface area contributed by atoms with Gasteiger partial charge in [0.05, 0.1) is 6.04 Å². The van der Waals surface area contributed by atoms with Crippen molar-refractivity contribution in [3.8, 4) is 0 Å². The molecule has 1 saturated heterocycles. The zero-order valence-electron chi connectivity index (χ0n) is 13.7. The SMILES string of the molecule is CCCC[C@@H]1C=CCN1C(=O)c1ccc(N2CC(=O)NC2=O)cc1. The molecule has 0 radical (unpaired) electrons. The number of nitrogens with one attached hydrogen (secondary N) is 1. The van der Waals surface area contributed by atoms with E-state index in [-0.39, 0.29) is 24.4 Å². The maximum atomic E-state index is 12.7. The molecule has 1 fully saturated rings. The summed E-state index contributed by atoms with van der Waals surface area (Å²) in [5, 5.41) is 2.24. The average Bonchev–Trinajstić information content (AvgIpc) is 3.18. The lowest BCUT2D eigenvalue weighted by Crippen LogP contribution is -2.36. The van der Waals surface area contributed by atoms with Crippen LogP contribution in [-0.4, -0.2) is 41.9 Å². The molecule has 1 aromatic carbocycles. The highest BCUT2D eigenvalue weighted by molar-refractivity contribution is 6.12. The number of unbranched alkanes of at least 4 members (excludes halogenated alkanes) is 1. The molecule has 0 aromatic heterocycles. The van der Waals surface area contributed by atoms with Crippen LogP contribution in [0, 0.1) is 0 Å². The van der Waals surface area contributed by atoms with Crippen LogP contribution in [0.5, 0.6) is 0 Å². The summed E-state index contributed by atoms with van der Waals surface area (Å²) in [6, 6.07) is 6.57. The number of anilines is 1. The maximum Gasteiger partial charge on any atom is 0.329 e. The molecule has 0 saturated carbocycles. The Balaban J connectivity index is 1.70. The zero-order valence-corrected chi connectivity index (χ0v) is 13.7. The van der Waals surface area contributed by atoms with Crippen LogP contribution >= 0.6 is 0 Å².